The molecule has 1 aliphatic heterocycles. The van der Waals surface area contributed by atoms with E-state index in [1.54, 1.807) is 30.2 Å². The van der Waals surface area contributed by atoms with Crippen LogP contribution in [0.1, 0.15) is 27.7 Å². The smallest absolute Gasteiger partial charge is 0.321 e. The zero-order valence-electron chi connectivity index (χ0n) is 12.3. The molecule has 3 nitrogen and oxygen atoms in total. The molecule has 1 heterocycles. The van der Waals surface area contributed by atoms with E-state index in [1.807, 2.05) is 33.8 Å². The Labute approximate surface area is 112 Å². The fourth-order valence-corrected chi connectivity index (χ4v) is 1.26. The molecule has 0 bridgehead atoms. The summed E-state index contributed by atoms with van der Waals surface area (Å²) in [4.78, 5) is 12.9. The summed E-state index contributed by atoms with van der Waals surface area (Å²) in [5.41, 5.74) is 1.87. The van der Waals surface area contributed by atoms with Gasteiger partial charge in [-0.15, -0.1) is 0 Å². The van der Waals surface area contributed by atoms with Crippen LogP contribution in [-0.4, -0.2) is 24.5 Å². The summed E-state index contributed by atoms with van der Waals surface area (Å²) < 4.78 is 0. The Kier molecular flexibility index (Phi) is 12.1. The number of urea groups is 1. The molecule has 1 rings (SSSR count). The van der Waals surface area contributed by atoms with Crippen LogP contribution in [-0.2, 0) is 0 Å². The Balaban J connectivity index is 0. The standard InChI is InChI=1S/C11H14N2O.2C2H6/c1-4-6-7-10-9(5-2)8-12-11(14)13(10)3;2*1-2/h4-7H,1-2,8H2,3H3,(H,12,14);2*1-2H3/b7-6-;;. The third-order valence-electron chi connectivity index (χ3n) is 2.06. The Bertz CT molecular complexity index is 327. The second-order valence-electron chi connectivity index (χ2n) is 2.93. The molecule has 0 atom stereocenters. The first-order valence-corrected chi connectivity index (χ1v) is 6.37. The van der Waals surface area contributed by atoms with Gasteiger partial charge < -0.3 is 5.32 Å². The van der Waals surface area contributed by atoms with E-state index in [0.29, 0.717) is 6.54 Å². The van der Waals surface area contributed by atoms with Gasteiger partial charge in [-0.1, -0.05) is 59.1 Å². The van der Waals surface area contributed by atoms with Gasteiger partial charge in [0.1, 0.15) is 0 Å². The highest BCUT2D eigenvalue weighted by atomic mass is 16.2. The van der Waals surface area contributed by atoms with Gasteiger partial charge in [0.25, 0.3) is 0 Å². The maximum atomic E-state index is 11.3. The SMILES string of the molecule is C=C/C=C\C1=C(C=C)CNC(=O)N1C.CC.CC. The fourth-order valence-electron chi connectivity index (χ4n) is 1.26. The highest BCUT2D eigenvalue weighted by Crippen LogP contribution is 2.15. The summed E-state index contributed by atoms with van der Waals surface area (Å²) >= 11 is 0. The van der Waals surface area contributed by atoms with Crippen molar-refractivity contribution in [2.75, 3.05) is 13.6 Å². The highest BCUT2D eigenvalue weighted by Gasteiger charge is 2.19. The van der Waals surface area contributed by atoms with Crippen molar-refractivity contribution in [1.29, 1.82) is 0 Å². The minimum Gasteiger partial charge on any atom is -0.334 e. The predicted molar refractivity (Wildman–Crippen MR) is 80.4 cm³/mol. The molecule has 0 radical (unpaired) electrons. The van der Waals surface area contributed by atoms with Crippen LogP contribution in [0.5, 0.6) is 0 Å². The lowest BCUT2D eigenvalue weighted by Crippen LogP contribution is -2.42. The van der Waals surface area contributed by atoms with Crippen LogP contribution in [0.15, 0.2) is 48.7 Å². The van der Waals surface area contributed by atoms with E-state index in [1.165, 1.54) is 0 Å². The number of allylic oxidation sites excluding steroid dienone is 3. The summed E-state index contributed by atoms with van der Waals surface area (Å²) in [6, 6.07) is -0.0979. The Morgan fingerprint density at radius 1 is 1.22 bits per heavy atom. The molecule has 0 aromatic rings. The fraction of sp³-hybridized carbons (Fsp3) is 0.400. The minimum atomic E-state index is -0.0979. The summed E-state index contributed by atoms with van der Waals surface area (Å²) in [6.45, 7) is 15.8. The number of likely N-dealkylation sites (N-methyl/N-ethyl adjacent to an activating group) is 1. The third kappa shape index (κ3) is 5.53. The maximum absolute atomic E-state index is 11.3. The lowest BCUT2D eigenvalue weighted by atomic mass is 10.1. The lowest BCUT2D eigenvalue weighted by molar-refractivity contribution is 0.218. The predicted octanol–water partition coefficient (Wildman–Crippen LogP) is 3.88. The van der Waals surface area contributed by atoms with Gasteiger partial charge >= 0.3 is 6.03 Å². The molecule has 3 heteroatoms. The van der Waals surface area contributed by atoms with E-state index in [0.717, 1.165) is 11.3 Å². The topological polar surface area (TPSA) is 32.3 Å². The van der Waals surface area contributed by atoms with Crippen molar-refractivity contribution < 1.29 is 4.79 Å². The van der Waals surface area contributed by atoms with Crippen molar-refractivity contribution in [2.45, 2.75) is 27.7 Å². The van der Waals surface area contributed by atoms with Crippen LogP contribution in [0.3, 0.4) is 0 Å². The molecular weight excluding hydrogens is 224 g/mol. The second kappa shape index (κ2) is 11.7. The van der Waals surface area contributed by atoms with Crippen LogP contribution in [0.25, 0.3) is 0 Å². The van der Waals surface area contributed by atoms with Gasteiger partial charge in [0.2, 0.25) is 0 Å². The molecule has 1 N–H and O–H groups in total. The molecule has 0 unspecified atom stereocenters. The number of hydrogen-bond donors (Lipinski definition) is 1. The number of nitrogens with zero attached hydrogens (tertiary/aromatic N) is 1. The normalized spacial score (nSPS) is 14.1. The first kappa shape index (κ1) is 18.6. The van der Waals surface area contributed by atoms with E-state index < -0.39 is 0 Å². The molecule has 2 amide bonds. The molecule has 1 aliphatic rings. The molecule has 0 aromatic carbocycles. The number of amides is 2. The van der Waals surface area contributed by atoms with Crippen molar-refractivity contribution in [2.24, 2.45) is 0 Å². The number of carbonyl (C=O) groups is 1. The summed E-state index contributed by atoms with van der Waals surface area (Å²) in [5, 5.41) is 2.74. The maximum Gasteiger partial charge on any atom is 0.321 e. The Hall–Kier alpha value is -1.77. The number of carbonyl (C=O) groups excluding carboxylic acids is 1. The van der Waals surface area contributed by atoms with Crippen LogP contribution in [0, 0.1) is 0 Å². The van der Waals surface area contributed by atoms with Crippen molar-refractivity contribution in [3.8, 4) is 0 Å². The van der Waals surface area contributed by atoms with Crippen molar-refractivity contribution in [3.63, 3.8) is 0 Å². The van der Waals surface area contributed by atoms with E-state index >= 15 is 0 Å². The molecule has 18 heavy (non-hydrogen) atoms. The molecule has 0 spiro atoms. The van der Waals surface area contributed by atoms with E-state index in [-0.39, 0.29) is 6.03 Å². The molecule has 102 valence electrons. The zero-order valence-corrected chi connectivity index (χ0v) is 12.3. The molecule has 0 fully saturated rings. The first-order valence-electron chi connectivity index (χ1n) is 6.37. The molecule has 0 aromatic heterocycles. The second-order valence-corrected chi connectivity index (χ2v) is 2.93. The van der Waals surface area contributed by atoms with Gasteiger partial charge in [0.15, 0.2) is 0 Å². The van der Waals surface area contributed by atoms with E-state index in [2.05, 4.69) is 18.5 Å². The van der Waals surface area contributed by atoms with Crippen LogP contribution in [0.4, 0.5) is 4.79 Å². The van der Waals surface area contributed by atoms with Gasteiger partial charge in [0.05, 0.1) is 5.70 Å². The quantitative estimate of drug-likeness (QED) is 0.757. The number of nitrogens with one attached hydrogen (secondary N) is 1. The monoisotopic (exact) mass is 250 g/mol. The first-order chi connectivity index (χ1) is 8.70. The Morgan fingerprint density at radius 2 is 1.78 bits per heavy atom. The number of hydrogen-bond acceptors (Lipinski definition) is 1. The highest BCUT2D eigenvalue weighted by molar-refractivity contribution is 5.79. The van der Waals surface area contributed by atoms with Gasteiger partial charge in [-0.05, 0) is 11.6 Å². The lowest BCUT2D eigenvalue weighted by Gasteiger charge is -2.26. The van der Waals surface area contributed by atoms with Crippen molar-refractivity contribution >= 4 is 6.03 Å². The molecule has 0 saturated heterocycles. The Morgan fingerprint density at radius 3 is 2.22 bits per heavy atom. The summed E-state index contributed by atoms with van der Waals surface area (Å²) in [6.07, 6.45) is 7.07. The van der Waals surface area contributed by atoms with Crippen LogP contribution >= 0.6 is 0 Å². The molecule has 0 aliphatic carbocycles. The molecule has 0 saturated carbocycles. The van der Waals surface area contributed by atoms with Gasteiger partial charge in [-0.25, -0.2) is 4.79 Å². The zero-order chi connectivity index (χ0) is 14.6. The van der Waals surface area contributed by atoms with Crippen molar-refractivity contribution in [1.82, 2.24) is 10.2 Å². The average molecular weight is 250 g/mol. The average Bonchev–Trinajstić information content (AvgIpc) is 2.45. The van der Waals surface area contributed by atoms with Crippen LogP contribution in [0.2, 0.25) is 0 Å². The number of rotatable bonds is 3. The van der Waals surface area contributed by atoms with E-state index in [4.69, 9.17) is 0 Å². The molecular formula is C15H26N2O. The summed E-state index contributed by atoms with van der Waals surface area (Å²) in [5.74, 6) is 0. The third-order valence-corrected chi connectivity index (χ3v) is 2.06. The largest absolute Gasteiger partial charge is 0.334 e. The van der Waals surface area contributed by atoms with E-state index in [9.17, 15) is 4.79 Å². The minimum absolute atomic E-state index is 0.0979. The van der Waals surface area contributed by atoms with Gasteiger partial charge in [0, 0.05) is 13.6 Å². The van der Waals surface area contributed by atoms with Crippen molar-refractivity contribution in [3.05, 3.63) is 48.7 Å². The van der Waals surface area contributed by atoms with Gasteiger partial charge in [-0.3, -0.25) is 4.90 Å². The van der Waals surface area contributed by atoms with Gasteiger partial charge in [-0.2, -0.15) is 0 Å². The summed E-state index contributed by atoms with van der Waals surface area (Å²) in [7, 11) is 1.72. The van der Waals surface area contributed by atoms with Crippen LogP contribution < -0.4 is 5.32 Å².